The maximum atomic E-state index is 12.2. The molecule has 94 valence electrons. The average molecular weight is 237 g/mol. The number of nitrogens with one attached hydrogen (secondary N) is 1. The van der Waals surface area contributed by atoms with Crippen molar-refractivity contribution < 1.29 is 13.2 Å². The van der Waals surface area contributed by atoms with Gasteiger partial charge in [0, 0.05) is 6.54 Å². The van der Waals surface area contributed by atoms with Gasteiger partial charge in [-0.05, 0) is 20.0 Å². The minimum atomic E-state index is -4.22. The summed E-state index contributed by atoms with van der Waals surface area (Å²) < 4.78 is 36.6. The summed E-state index contributed by atoms with van der Waals surface area (Å²) in [5.74, 6) is 0. The lowest BCUT2D eigenvalue weighted by atomic mass is 10.0. The van der Waals surface area contributed by atoms with Gasteiger partial charge in [-0.25, -0.2) is 0 Å². The second-order valence-corrected chi connectivity index (χ2v) is 3.89. The summed E-state index contributed by atoms with van der Waals surface area (Å²) in [5, 5.41) is 11.8. The molecule has 6 heteroatoms. The number of hydrogen-bond acceptors (Lipinski definition) is 3. The molecule has 0 amide bonds. The molecule has 0 radical (unpaired) electrons. The first kappa shape index (κ1) is 15.2. The van der Waals surface area contributed by atoms with E-state index in [1.807, 2.05) is 13.0 Å². The van der Waals surface area contributed by atoms with Gasteiger partial charge in [-0.2, -0.15) is 18.4 Å². The first-order valence-corrected chi connectivity index (χ1v) is 5.21. The smallest absolute Gasteiger partial charge is 0.299 e. The quantitative estimate of drug-likeness (QED) is 0.765. The Balaban J connectivity index is 4.46. The average Bonchev–Trinajstić information content (AvgIpc) is 2.15. The van der Waals surface area contributed by atoms with Crippen molar-refractivity contribution in [2.24, 2.45) is 0 Å². The van der Waals surface area contributed by atoms with Gasteiger partial charge in [0.25, 0.3) is 0 Å². The highest BCUT2D eigenvalue weighted by atomic mass is 19.4. The monoisotopic (exact) mass is 237 g/mol. The van der Waals surface area contributed by atoms with Crippen molar-refractivity contribution in [3.8, 4) is 6.07 Å². The lowest BCUT2D eigenvalue weighted by molar-refractivity contribution is -0.146. The Bertz CT molecular complexity index is 247. The van der Waals surface area contributed by atoms with Crippen molar-refractivity contribution in [1.29, 1.82) is 5.26 Å². The van der Waals surface area contributed by atoms with E-state index >= 15 is 0 Å². The van der Waals surface area contributed by atoms with Crippen molar-refractivity contribution in [1.82, 2.24) is 10.2 Å². The molecule has 0 aromatic carbocycles. The maximum absolute atomic E-state index is 12.2. The Kier molecular flexibility index (Phi) is 5.76. The van der Waals surface area contributed by atoms with Crippen LogP contribution in [0.15, 0.2) is 0 Å². The molecule has 1 atom stereocenters. The highest BCUT2D eigenvalue weighted by Crippen LogP contribution is 2.17. The first-order valence-electron chi connectivity index (χ1n) is 5.21. The van der Waals surface area contributed by atoms with Crippen LogP contribution < -0.4 is 5.32 Å². The van der Waals surface area contributed by atoms with Crippen LogP contribution in [0.2, 0.25) is 0 Å². The minimum Gasteiger partial charge on any atom is -0.299 e. The van der Waals surface area contributed by atoms with E-state index in [9.17, 15) is 13.2 Å². The third-order valence-corrected chi connectivity index (χ3v) is 2.20. The Morgan fingerprint density at radius 1 is 1.25 bits per heavy atom. The summed E-state index contributed by atoms with van der Waals surface area (Å²) in [4.78, 5) is 1.21. The summed E-state index contributed by atoms with van der Waals surface area (Å²) in [6.07, 6.45) is -4.22. The summed E-state index contributed by atoms with van der Waals surface area (Å²) in [5.41, 5.74) is -0.935. The van der Waals surface area contributed by atoms with Crippen LogP contribution in [0.5, 0.6) is 0 Å². The molecule has 3 nitrogen and oxygen atoms in total. The van der Waals surface area contributed by atoms with E-state index in [2.05, 4.69) is 5.32 Å². The molecule has 0 heterocycles. The number of nitriles is 1. The van der Waals surface area contributed by atoms with Crippen molar-refractivity contribution >= 4 is 0 Å². The Hall–Kier alpha value is -0.800. The molecule has 0 saturated heterocycles. The Morgan fingerprint density at radius 3 is 2.12 bits per heavy atom. The van der Waals surface area contributed by atoms with Gasteiger partial charge in [0.15, 0.2) is 0 Å². The molecule has 0 aromatic heterocycles. The Labute approximate surface area is 94.2 Å². The van der Waals surface area contributed by atoms with Gasteiger partial charge in [0.05, 0.1) is 12.6 Å². The highest BCUT2D eigenvalue weighted by Gasteiger charge is 2.33. The van der Waals surface area contributed by atoms with Crippen LogP contribution in [0.4, 0.5) is 13.2 Å². The minimum absolute atomic E-state index is 0.0628. The first-order chi connectivity index (χ1) is 7.26. The number of halogens is 3. The largest absolute Gasteiger partial charge is 0.401 e. The SMILES string of the molecule is CCNC(C)(C#N)CN(CC)CC(F)(F)F. The lowest BCUT2D eigenvalue weighted by Crippen LogP contribution is -2.52. The second-order valence-electron chi connectivity index (χ2n) is 3.89. The number of nitrogens with zero attached hydrogens (tertiary/aromatic N) is 2. The van der Waals surface area contributed by atoms with Crippen molar-refractivity contribution in [2.45, 2.75) is 32.5 Å². The summed E-state index contributed by atoms with van der Waals surface area (Å²) in [6, 6.07) is 2.01. The lowest BCUT2D eigenvalue weighted by Gasteiger charge is -2.30. The predicted molar refractivity (Wildman–Crippen MR) is 55.9 cm³/mol. The van der Waals surface area contributed by atoms with Crippen LogP contribution in [-0.4, -0.2) is 42.8 Å². The fourth-order valence-corrected chi connectivity index (χ4v) is 1.50. The molecule has 0 bridgehead atoms. The molecule has 1 unspecified atom stereocenters. The molecule has 1 N–H and O–H groups in total. The molecule has 0 rings (SSSR count). The van der Waals surface area contributed by atoms with Crippen molar-refractivity contribution in [2.75, 3.05) is 26.2 Å². The fourth-order valence-electron chi connectivity index (χ4n) is 1.50. The molecule has 0 aliphatic rings. The number of hydrogen-bond donors (Lipinski definition) is 1. The third-order valence-electron chi connectivity index (χ3n) is 2.20. The van der Waals surface area contributed by atoms with Gasteiger partial charge in [0.2, 0.25) is 0 Å². The molecule has 0 fully saturated rings. The molecule has 16 heavy (non-hydrogen) atoms. The van der Waals surface area contributed by atoms with Gasteiger partial charge in [-0.3, -0.25) is 10.2 Å². The van der Waals surface area contributed by atoms with Gasteiger partial charge in [-0.1, -0.05) is 13.8 Å². The maximum Gasteiger partial charge on any atom is 0.401 e. The van der Waals surface area contributed by atoms with E-state index in [-0.39, 0.29) is 13.1 Å². The molecule has 0 aliphatic carbocycles. The van der Waals surface area contributed by atoms with Gasteiger partial charge in [-0.15, -0.1) is 0 Å². The topological polar surface area (TPSA) is 39.1 Å². The molecule has 0 aliphatic heterocycles. The predicted octanol–water partition coefficient (Wildman–Crippen LogP) is 1.76. The van der Waals surface area contributed by atoms with Crippen molar-refractivity contribution in [3.63, 3.8) is 0 Å². The van der Waals surface area contributed by atoms with E-state index < -0.39 is 18.3 Å². The van der Waals surface area contributed by atoms with E-state index in [1.54, 1.807) is 13.8 Å². The summed E-state index contributed by atoms with van der Waals surface area (Å²) in [7, 11) is 0. The summed E-state index contributed by atoms with van der Waals surface area (Å²) in [6.45, 7) is 4.97. The number of rotatable bonds is 6. The van der Waals surface area contributed by atoms with Crippen LogP contribution in [0.25, 0.3) is 0 Å². The molecule has 0 saturated carbocycles. The van der Waals surface area contributed by atoms with Crippen LogP contribution >= 0.6 is 0 Å². The van der Waals surface area contributed by atoms with Crippen molar-refractivity contribution in [3.05, 3.63) is 0 Å². The Morgan fingerprint density at radius 2 is 1.81 bits per heavy atom. The standard InChI is InChI=1S/C10H18F3N3/c1-4-15-9(3,6-14)7-16(5-2)8-10(11,12)13/h15H,4-5,7-8H2,1-3H3. The summed E-state index contributed by atoms with van der Waals surface area (Å²) >= 11 is 0. The van der Waals surface area contributed by atoms with Crippen LogP contribution in [0, 0.1) is 11.3 Å². The van der Waals surface area contributed by atoms with E-state index in [0.717, 1.165) is 0 Å². The second kappa shape index (κ2) is 6.06. The third kappa shape index (κ3) is 5.93. The molecule has 0 aromatic rings. The number of likely N-dealkylation sites (N-methyl/N-ethyl adjacent to an activating group) is 2. The van der Waals surface area contributed by atoms with Gasteiger partial charge >= 0.3 is 6.18 Å². The molecular weight excluding hydrogens is 219 g/mol. The molecular formula is C10H18F3N3. The zero-order valence-corrected chi connectivity index (χ0v) is 9.86. The zero-order chi connectivity index (χ0) is 12.8. The van der Waals surface area contributed by atoms with Crippen LogP contribution in [0.1, 0.15) is 20.8 Å². The van der Waals surface area contributed by atoms with E-state index in [1.165, 1.54) is 4.90 Å². The fraction of sp³-hybridized carbons (Fsp3) is 0.900. The highest BCUT2D eigenvalue weighted by molar-refractivity contribution is 5.05. The number of alkyl halides is 3. The van der Waals surface area contributed by atoms with Crippen LogP contribution in [-0.2, 0) is 0 Å². The van der Waals surface area contributed by atoms with E-state index in [0.29, 0.717) is 6.54 Å². The van der Waals surface area contributed by atoms with Gasteiger partial charge in [0.1, 0.15) is 5.54 Å². The van der Waals surface area contributed by atoms with E-state index in [4.69, 9.17) is 5.26 Å². The zero-order valence-electron chi connectivity index (χ0n) is 9.86. The molecule has 0 spiro atoms. The normalized spacial score (nSPS) is 15.9. The van der Waals surface area contributed by atoms with Gasteiger partial charge < -0.3 is 0 Å². The van der Waals surface area contributed by atoms with Crippen LogP contribution in [0.3, 0.4) is 0 Å².